The summed E-state index contributed by atoms with van der Waals surface area (Å²) in [5.74, 6) is -0.173. The first-order valence-electron chi connectivity index (χ1n) is 9.29. The highest BCUT2D eigenvalue weighted by atomic mass is 32.1. The van der Waals surface area contributed by atoms with E-state index in [2.05, 4.69) is 15.5 Å². The monoisotopic (exact) mass is 409 g/mol. The van der Waals surface area contributed by atoms with Crippen molar-refractivity contribution in [3.8, 4) is 11.4 Å². The van der Waals surface area contributed by atoms with Gasteiger partial charge in [0.05, 0.1) is 0 Å². The third-order valence-corrected chi connectivity index (χ3v) is 4.87. The Labute approximate surface area is 173 Å². The van der Waals surface area contributed by atoms with Gasteiger partial charge in [-0.2, -0.15) is 5.10 Å². The standard InChI is InChI=1S/C21H23N5O2S/c1-14-6-5-9-16(12-14)20-24-25-21(29)26(20)11-10-18(27)23-17(19(22)28)13-15-7-3-2-4-8-15/h2-9,12,17H,10-11,13H2,1H3,(H2,22,28)(H,23,27)(H,25,29). The number of primary amides is 1. The largest absolute Gasteiger partial charge is 0.368 e. The van der Waals surface area contributed by atoms with Gasteiger partial charge in [-0.25, -0.2) is 0 Å². The van der Waals surface area contributed by atoms with Crippen LogP contribution in [0.4, 0.5) is 0 Å². The van der Waals surface area contributed by atoms with Crippen molar-refractivity contribution in [2.75, 3.05) is 0 Å². The highest BCUT2D eigenvalue weighted by Gasteiger charge is 2.19. The molecule has 4 N–H and O–H groups in total. The zero-order valence-electron chi connectivity index (χ0n) is 16.1. The number of carbonyl (C=O) groups excluding carboxylic acids is 2. The van der Waals surface area contributed by atoms with Crippen molar-refractivity contribution < 1.29 is 9.59 Å². The highest BCUT2D eigenvalue weighted by Crippen LogP contribution is 2.18. The number of hydrogen-bond donors (Lipinski definition) is 3. The van der Waals surface area contributed by atoms with Crippen LogP contribution in [0.2, 0.25) is 0 Å². The van der Waals surface area contributed by atoms with Crippen molar-refractivity contribution in [3.05, 3.63) is 70.5 Å². The maximum Gasteiger partial charge on any atom is 0.240 e. The SMILES string of the molecule is Cc1cccc(-c2n[nH]c(=S)n2CCC(=O)NC(Cc2ccccc2)C(N)=O)c1. The number of H-pyrrole nitrogens is 1. The van der Waals surface area contributed by atoms with Gasteiger partial charge in [-0.15, -0.1) is 0 Å². The molecule has 0 saturated heterocycles. The smallest absolute Gasteiger partial charge is 0.240 e. The number of rotatable bonds is 8. The van der Waals surface area contributed by atoms with E-state index in [1.807, 2.05) is 61.5 Å². The molecule has 0 spiro atoms. The summed E-state index contributed by atoms with van der Waals surface area (Å²) in [6.45, 7) is 2.33. The molecule has 2 aromatic carbocycles. The summed E-state index contributed by atoms with van der Waals surface area (Å²) in [6.07, 6.45) is 0.493. The van der Waals surface area contributed by atoms with Crippen LogP contribution in [0.1, 0.15) is 17.5 Å². The number of hydrogen-bond acceptors (Lipinski definition) is 4. The molecule has 3 rings (SSSR count). The fourth-order valence-corrected chi connectivity index (χ4v) is 3.31. The van der Waals surface area contributed by atoms with Gasteiger partial charge in [-0.1, -0.05) is 54.1 Å². The molecule has 0 saturated carbocycles. The third-order valence-electron chi connectivity index (χ3n) is 4.56. The minimum Gasteiger partial charge on any atom is -0.368 e. The molecule has 1 atom stereocenters. The van der Waals surface area contributed by atoms with Crippen molar-refractivity contribution in [3.63, 3.8) is 0 Å². The minimum absolute atomic E-state index is 0.144. The summed E-state index contributed by atoms with van der Waals surface area (Å²) in [4.78, 5) is 24.2. The molecule has 150 valence electrons. The molecule has 0 radical (unpaired) electrons. The van der Waals surface area contributed by atoms with E-state index in [1.54, 1.807) is 4.57 Å². The van der Waals surface area contributed by atoms with E-state index < -0.39 is 11.9 Å². The molecule has 2 amide bonds. The molecule has 0 aliphatic heterocycles. The van der Waals surface area contributed by atoms with Crippen molar-refractivity contribution in [2.24, 2.45) is 5.73 Å². The summed E-state index contributed by atoms with van der Waals surface area (Å²) >= 11 is 5.31. The van der Waals surface area contributed by atoms with E-state index in [4.69, 9.17) is 18.0 Å². The van der Waals surface area contributed by atoms with Crippen molar-refractivity contribution in [1.29, 1.82) is 0 Å². The second-order valence-corrected chi connectivity index (χ2v) is 7.22. The van der Waals surface area contributed by atoms with E-state index in [1.165, 1.54) is 0 Å². The Kier molecular flexibility index (Phi) is 6.56. The fourth-order valence-electron chi connectivity index (χ4n) is 3.08. The lowest BCUT2D eigenvalue weighted by Crippen LogP contribution is -2.46. The number of amides is 2. The molecule has 0 bridgehead atoms. The molecule has 7 nitrogen and oxygen atoms in total. The summed E-state index contributed by atoms with van der Waals surface area (Å²) in [5, 5.41) is 9.79. The second kappa shape index (κ2) is 9.29. The van der Waals surface area contributed by atoms with Gasteiger partial charge >= 0.3 is 0 Å². The lowest BCUT2D eigenvalue weighted by molar-refractivity contribution is -0.127. The Morgan fingerprint density at radius 2 is 1.97 bits per heavy atom. The molecule has 1 unspecified atom stereocenters. The van der Waals surface area contributed by atoms with E-state index in [9.17, 15) is 9.59 Å². The predicted molar refractivity (Wildman–Crippen MR) is 113 cm³/mol. The Morgan fingerprint density at radius 3 is 2.66 bits per heavy atom. The van der Waals surface area contributed by atoms with Gasteiger partial charge in [0, 0.05) is 24.9 Å². The van der Waals surface area contributed by atoms with Crippen LogP contribution in [0, 0.1) is 11.7 Å². The van der Waals surface area contributed by atoms with Gasteiger partial charge < -0.3 is 11.1 Å². The van der Waals surface area contributed by atoms with Gasteiger partial charge in [-0.3, -0.25) is 19.3 Å². The highest BCUT2D eigenvalue weighted by molar-refractivity contribution is 7.71. The number of nitrogens with zero attached hydrogens (tertiary/aromatic N) is 2. The quantitative estimate of drug-likeness (QED) is 0.497. The van der Waals surface area contributed by atoms with Crippen LogP contribution in [-0.2, 0) is 22.6 Å². The second-order valence-electron chi connectivity index (χ2n) is 6.84. The molecule has 1 aromatic heterocycles. The molecular formula is C21H23N5O2S. The number of aromatic amines is 1. The lowest BCUT2D eigenvalue weighted by Gasteiger charge is -2.16. The molecule has 8 heteroatoms. The Balaban J connectivity index is 1.67. The third kappa shape index (κ3) is 5.39. The summed E-state index contributed by atoms with van der Waals surface area (Å²) in [7, 11) is 0. The van der Waals surface area contributed by atoms with Crippen LogP contribution in [0.25, 0.3) is 11.4 Å². The van der Waals surface area contributed by atoms with Crippen molar-refractivity contribution in [2.45, 2.75) is 32.4 Å². The fraction of sp³-hybridized carbons (Fsp3) is 0.238. The minimum atomic E-state index is -0.765. The van der Waals surface area contributed by atoms with Gasteiger partial charge in [-0.05, 0) is 30.8 Å². The van der Waals surface area contributed by atoms with Gasteiger partial charge in [0.1, 0.15) is 6.04 Å². The van der Waals surface area contributed by atoms with E-state index in [0.717, 1.165) is 16.7 Å². The van der Waals surface area contributed by atoms with Crippen LogP contribution in [-0.4, -0.2) is 32.6 Å². The number of aromatic nitrogens is 3. The zero-order chi connectivity index (χ0) is 20.8. The first-order chi connectivity index (χ1) is 13.9. The summed E-state index contributed by atoms with van der Waals surface area (Å²) in [5.41, 5.74) is 8.41. The Bertz CT molecular complexity index is 1060. The van der Waals surface area contributed by atoms with Gasteiger partial charge in [0.2, 0.25) is 11.8 Å². The van der Waals surface area contributed by atoms with Gasteiger partial charge in [0.25, 0.3) is 0 Å². The van der Waals surface area contributed by atoms with Crippen LogP contribution < -0.4 is 11.1 Å². The molecule has 0 fully saturated rings. The normalized spacial score (nSPS) is 11.8. The maximum atomic E-state index is 12.5. The van der Waals surface area contributed by atoms with Crippen molar-refractivity contribution >= 4 is 24.0 Å². The first kappa shape index (κ1) is 20.5. The Hall–Kier alpha value is -3.26. The summed E-state index contributed by atoms with van der Waals surface area (Å²) < 4.78 is 2.21. The van der Waals surface area contributed by atoms with Crippen LogP contribution in [0.3, 0.4) is 0 Å². The average Bonchev–Trinajstić information content (AvgIpc) is 3.07. The van der Waals surface area contributed by atoms with E-state index in [-0.39, 0.29) is 12.3 Å². The molecular weight excluding hydrogens is 386 g/mol. The Morgan fingerprint density at radius 1 is 1.21 bits per heavy atom. The van der Waals surface area contributed by atoms with Crippen molar-refractivity contribution in [1.82, 2.24) is 20.1 Å². The average molecular weight is 410 g/mol. The predicted octanol–water partition coefficient (Wildman–Crippen LogP) is 2.52. The number of carbonyl (C=O) groups is 2. The number of nitrogens with one attached hydrogen (secondary N) is 2. The summed E-state index contributed by atoms with van der Waals surface area (Å²) in [6, 6.07) is 16.6. The topological polar surface area (TPSA) is 106 Å². The number of benzene rings is 2. The number of aryl methyl sites for hydroxylation is 1. The zero-order valence-corrected chi connectivity index (χ0v) is 16.9. The van der Waals surface area contributed by atoms with Crippen LogP contribution in [0.15, 0.2) is 54.6 Å². The first-order valence-corrected chi connectivity index (χ1v) is 9.69. The molecule has 0 aliphatic carbocycles. The number of nitrogens with two attached hydrogens (primary N) is 1. The molecule has 3 aromatic rings. The molecule has 29 heavy (non-hydrogen) atoms. The maximum absolute atomic E-state index is 12.5. The van der Waals surface area contributed by atoms with Crippen LogP contribution >= 0.6 is 12.2 Å². The van der Waals surface area contributed by atoms with E-state index in [0.29, 0.717) is 23.6 Å². The van der Waals surface area contributed by atoms with E-state index >= 15 is 0 Å². The molecule has 1 heterocycles. The molecule has 0 aliphatic rings. The lowest BCUT2D eigenvalue weighted by atomic mass is 10.1. The van der Waals surface area contributed by atoms with Crippen LogP contribution in [0.5, 0.6) is 0 Å². The van der Waals surface area contributed by atoms with Gasteiger partial charge in [0.15, 0.2) is 10.6 Å².